The molecule has 1 aromatic carbocycles. The molecule has 15 heavy (non-hydrogen) atoms. The maximum Gasteiger partial charge on any atom is 0.193 e. The SMILES string of the molecule is CCCN=C(N)Nc1cccc(CC)c1. The third-order valence-corrected chi connectivity index (χ3v) is 2.11. The summed E-state index contributed by atoms with van der Waals surface area (Å²) in [6.45, 7) is 4.98. The topological polar surface area (TPSA) is 50.4 Å². The molecule has 0 spiro atoms. The first-order valence-corrected chi connectivity index (χ1v) is 5.42. The van der Waals surface area contributed by atoms with Gasteiger partial charge in [0.1, 0.15) is 0 Å². The minimum absolute atomic E-state index is 0.491. The molecule has 0 aromatic heterocycles. The zero-order valence-corrected chi connectivity index (χ0v) is 9.46. The molecule has 3 nitrogen and oxygen atoms in total. The second-order valence-corrected chi connectivity index (χ2v) is 3.45. The van der Waals surface area contributed by atoms with E-state index in [9.17, 15) is 0 Å². The second-order valence-electron chi connectivity index (χ2n) is 3.45. The highest BCUT2D eigenvalue weighted by molar-refractivity contribution is 5.92. The van der Waals surface area contributed by atoms with Gasteiger partial charge in [-0.05, 0) is 30.5 Å². The highest BCUT2D eigenvalue weighted by Gasteiger charge is 1.95. The lowest BCUT2D eigenvalue weighted by Gasteiger charge is -2.06. The fourth-order valence-electron chi connectivity index (χ4n) is 1.29. The van der Waals surface area contributed by atoms with Crippen molar-refractivity contribution in [1.82, 2.24) is 0 Å². The summed E-state index contributed by atoms with van der Waals surface area (Å²) in [6, 6.07) is 8.21. The summed E-state index contributed by atoms with van der Waals surface area (Å²) >= 11 is 0. The van der Waals surface area contributed by atoms with Crippen LogP contribution in [0.4, 0.5) is 5.69 Å². The quantitative estimate of drug-likeness (QED) is 0.585. The van der Waals surface area contributed by atoms with Gasteiger partial charge in [-0.2, -0.15) is 0 Å². The van der Waals surface area contributed by atoms with Crippen LogP contribution in [-0.4, -0.2) is 12.5 Å². The molecule has 3 heteroatoms. The molecule has 0 aliphatic carbocycles. The van der Waals surface area contributed by atoms with Gasteiger partial charge in [-0.15, -0.1) is 0 Å². The Kier molecular flexibility index (Phi) is 4.68. The minimum atomic E-state index is 0.491. The molecule has 0 saturated heterocycles. The van der Waals surface area contributed by atoms with E-state index < -0.39 is 0 Å². The Morgan fingerprint density at radius 2 is 2.20 bits per heavy atom. The first-order chi connectivity index (χ1) is 7.26. The summed E-state index contributed by atoms with van der Waals surface area (Å²) < 4.78 is 0. The zero-order valence-electron chi connectivity index (χ0n) is 9.46. The van der Waals surface area contributed by atoms with Crippen molar-refractivity contribution in [3.63, 3.8) is 0 Å². The van der Waals surface area contributed by atoms with E-state index in [1.54, 1.807) is 0 Å². The smallest absolute Gasteiger partial charge is 0.193 e. The number of rotatable bonds is 4. The van der Waals surface area contributed by atoms with Crippen molar-refractivity contribution in [2.45, 2.75) is 26.7 Å². The Labute approximate surface area is 91.4 Å². The van der Waals surface area contributed by atoms with Crippen LogP contribution in [0.15, 0.2) is 29.3 Å². The van der Waals surface area contributed by atoms with Crippen molar-refractivity contribution in [3.8, 4) is 0 Å². The summed E-state index contributed by atoms with van der Waals surface area (Å²) in [4.78, 5) is 4.18. The number of hydrogen-bond acceptors (Lipinski definition) is 1. The molecular weight excluding hydrogens is 186 g/mol. The molecule has 1 rings (SSSR count). The van der Waals surface area contributed by atoms with Gasteiger partial charge in [0.2, 0.25) is 0 Å². The van der Waals surface area contributed by atoms with Gasteiger partial charge >= 0.3 is 0 Å². The minimum Gasteiger partial charge on any atom is -0.370 e. The fraction of sp³-hybridized carbons (Fsp3) is 0.417. The first kappa shape index (κ1) is 11.6. The predicted molar refractivity (Wildman–Crippen MR) is 66.2 cm³/mol. The number of nitrogens with zero attached hydrogens (tertiary/aromatic N) is 1. The third kappa shape index (κ3) is 4.02. The first-order valence-electron chi connectivity index (χ1n) is 5.42. The number of aliphatic imine (C=N–C) groups is 1. The van der Waals surface area contributed by atoms with E-state index in [1.165, 1.54) is 5.56 Å². The van der Waals surface area contributed by atoms with Gasteiger partial charge in [-0.25, -0.2) is 0 Å². The summed E-state index contributed by atoms with van der Waals surface area (Å²) in [6.07, 6.45) is 2.04. The van der Waals surface area contributed by atoms with Crippen LogP contribution in [0.2, 0.25) is 0 Å². The van der Waals surface area contributed by atoms with Crippen molar-refractivity contribution in [3.05, 3.63) is 29.8 Å². The van der Waals surface area contributed by atoms with Crippen molar-refractivity contribution in [1.29, 1.82) is 0 Å². The van der Waals surface area contributed by atoms with Crippen LogP contribution in [0.1, 0.15) is 25.8 Å². The molecule has 0 radical (unpaired) electrons. The molecule has 82 valence electrons. The molecule has 0 heterocycles. The molecule has 0 fully saturated rings. The van der Waals surface area contributed by atoms with Crippen LogP contribution in [0.3, 0.4) is 0 Å². The average molecular weight is 205 g/mol. The Balaban J connectivity index is 2.63. The van der Waals surface area contributed by atoms with E-state index in [0.717, 1.165) is 25.1 Å². The number of hydrogen-bond donors (Lipinski definition) is 2. The predicted octanol–water partition coefficient (Wildman–Crippen LogP) is 2.39. The number of benzene rings is 1. The van der Waals surface area contributed by atoms with Crippen molar-refractivity contribution < 1.29 is 0 Å². The van der Waals surface area contributed by atoms with Crippen molar-refractivity contribution in [2.75, 3.05) is 11.9 Å². The molecule has 0 unspecified atom stereocenters. The van der Waals surface area contributed by atoms with Gasteiger partial charge in [-0.3, -0.25) is 4.99 Å². The largest absolute Gasteiger partial charge is 0.370 e. The number of guanidine groups is 1. The van der Waals surface area contributed by atoms with Gasteiger partial charge in [0.25, 0.3) is 0 Å². The normalized spacial score (nSPS) is 11.5. The lowest BCUT2D eigenvalue weighted by Crippen LogP contribution is -2.22. The van der Waals surface area contributed by atoms with Crippen LogP contribution in [0.5, 0.6) is 0 Å². The van der Waals surface area contributed by atoms with Crippen LogP contribution in [0.25, 0.3) is 0 Å². The van der Waals surface area contributed by atoms with Crippen LogP contribution in [-0.2, 0) is 6.42 Å². The highest BCUT2D eigenvalue weighted by Crippen LogP contribution is 2.10. The van der Waals surface area contributed by atoms with E-state index in [-0.39, 0.29) is 0 Å². The number of aryl methyl sites for hydroxylation is 1. The molecular formula is C12H19N3. The fourth-order valence-corrected chi connectivity index (χ4v) is 1.29. The molecule has 0 atom stereocenters. The zero-order chi connectivity index (χ0) is 11.1. The molecule has 1 aromatic rings. The Morgan fingerprint density at radius 1 is 1.40 bits per heavy atom. The van der Waals surface area contributed by atoms with E-state index >= 15 is 0 Å². The number of nitrogens with two attached hydrogens (primary N) is 1. The molecule has 0 saturated carbocycles. The summed E-state index contributed by atoms with van der Waals surface area (Å²) in [5.74, 6) is 0.491. The van der Waals surface area contributed by atoms with E-state index in [4.69, 9.17) is 5.73 Å². The lowest BCUT2D eigenvalue weighted by atomic mass is 10.1. The van der Waals surface area contributed by atoms with Crippen LogP contribution < -0.4 is 11.1 Å². The standard InChI is InChI=1S/C12H19N3/c1-3-8-14-12(13)15-11-7-5-6-10(4-2)9-11/h5-7,9H,3-4,8H2,1-2H3,(H3,13,14,15). The maximum absolute atomic E-state index is 5.72. The van der Waals surface area contributed by atoms with Gasteiger partial charge in [0.05, 0.1) is 0 Å². The van der Waals surface area contributed by atoms with Gasteiger partial charge in [0.15, 0.2) is 5.96 Å². The van der Waals surface area contributed by atoms with Crippen LogP contribution >= 0.6 is 0 Å². The van der Waals surface area contributed by atoms with E-state index in [2.05, 4.69) is 36.3 Å². The molecule has 0 bridgehead atoms. The monoisotopic (exact) mass is 205 g/mol. The van der Waals surface area contributed by atoms with Gasteiger partial charge < -0.3 is 11.1 Å². The maximum atomic E-state index is 5.72. The molecule has 0 aliphatic heterocycles. The van der Waals surface area contributed by atoms with Crippen molar-refractivity contribution >= 4 is 11.6 Å². The molecule has 0 aliphatic rings. The summed E-state index contributed by atoms with van der Waals surface area (Å²) in [5.41, 5.74) is 8.02. The summed E-state index contributed by atoms with van der Waals surface area (Å²) in [7, 11) is 0. The number of nitrogens with one attached hydrogen (secondary N) is 1. The van der Waals surface area contributed by atoms with Crippen molar-refractivity contribution in [2.24, 2.45) is 10.7 Å². The number of anilines is 1. The van der Waals surface area contributed by atoms with E-state index in [0.29, 0.717) is 5.96 Å². The Morgan fingerprint density at radius 3 is 2.87 bits per heavy atom. The Bertz CT molecular complexity index is 331. The molecule has 3 N–H and O–H groups in total. The Hall–Kier alpha value is -1.51. The van der Waals surface area contributed by atoms with E-state index in [1.807, 2.05) is 12.1 Å². The van der Waals surface area contributed by atoms with Gasteiger partial charge in [0, 0.05) is 12.2 Å². The second kappa shape index (κ2) is 6.06. The lowest BCUT2D eigenvalue weighted by molar-refractivity contribution is 0.929. The third-order valence-electron chi connectivity index (χ3n) is 2.11. The highest BCUT2D eigenvalue weighted by atomic mass is 15.1. The average Bonchev–Trinajstić information content (AvgIpc) is 2.26. The van der Waals surface area contributed by atoms with Crippen LogP contribution in [0, 0.1) is 0 Å². The van der Waals surface area contributed by atoms with Gasteiger partial charge in [-0.1, -0.05) is 26.0 Å². The summed E-state index contributed by atoms with van der Waals surface area (Å²) in [5, 5.41) is 3.08. The molecule has 0 amide bonds.